The number of carboxylic acids is 1. The van der Waals surface area contributed by atoms with Crippen molar-refractivity contribution in [2.24, 2.45) is 0 Å². The summed E-state index contributed by atoms with van der Waals surface area (Å²) in [4.78, 5) is 21.3. The molecule has 0 saturated carbocycles. The summed E-state index contributed by atoms with van der Waals surface area (Å²) >= 11 is 0. The Balaban J connectivity index is 2.51. The molecule has 92 valence electrons. The second-order valence-electron chi connectivity index (χ2n) is 3.51. The molecule has 17 heavy (non-hydrogen) atoms. The van der Waals surface area contributed by atoms with E-state index in [4.69, 9.17) is 9.84 Å². The quantitative estimate of drug-likeness (QED) is 0.718. The van der Waals surface area contributed by atoms with Crippen LogP contribution in [0, 0.1) is 0 Å². The molecule has 1 aromatic carbocycles. The fraction of sp³-hybridized carbons (Fsp3) is 0.333. The predicted octanol–water partition coefficient (Wildman–Crippen LogP) is 0.829. The molecule has 1 aromatic rings. The monoisotopic (exact) mass is 237 g/mol. The van der Waals surface area contributed by atoms with Gasteiger partial charge in [0.05, 0.1) is 13.0 Å². The second kappa shape index (κ2) is 6.52. The molecule has 0 saturated heterocycles. The number of benzene rings is 1. The van der Waals surface area contributed by atoms with Crippen molar-refractivity contribution in [3.63, 3.8) is 0 Å². The lowest BCUT2D eigenvalue weighted by molar-refractivity contribution is -0.136. The third kappa shape index (κ3) is 5.01. The minimum atomic E-state index is -0.900. The number of para-hydroxylation sites is 1. The van der Waals surface area contributed by atoms with Gasteiger partial charge in [-0.25, -0.2) is 0 Å². The van der Waals surface area contributed by atoms with Crippen molar-refractivity contribution >= 4 is 11.9 Å². The molecule has 5 nitrogen and oxygen atoms in total. The number of carbonyl (C=O) groups excluding carboxylic acids is 1. The van der Waals surface area contributed by atoms with E-state index in [0.29, 0.717) is 24.5 Å². The van der Waals surface area contributed by atoms with Crippen molar-refractivity contribution in [1.29, 1.82) is 0 Å². The van der Waals surface area contributed by atoms with Gasteiger partial charge in [0.2, 0.25) is 5.91 Å². The largest absolute Gasteiger partial charge is 0.491 e. The summed E-state index contributed by atoms with van der Waals surface area (Å²) in [5.74, 6) is -0.476. The number of nitrogens with one attached hydrogen (secondary N) is 1. The van der Waals surface area contributed by atoms with Crippen LogP contribution in [0.3, 0.4) is 0 Å². The van der Waals surface area contributed by atoms with Crippen molar-refractivity contribution in [1.82, 2.24) is 5.32 Å². The van der Waals surface area contributed by atoms with Crippen LogP contribution >= 0.6 is 0 Å². The van der Waals surface area contributed by atoms with E-state index in [2.05, 4.69) is 5.32 Å². The summed E-state index contributed by atoms with van der Waals surface area (Å²) in [6.45, 7) is 2.14. The third-order valence-electron chi connectivity index (χ3n) is 2.05. The summed E-state index contributed by atoms with van der Waals surface area (Å²) in [6.07, 6.45) is -0.0731. The number of hydrogen-bond acceptors (Lipinski definition) is 3. The predicted molar refractivity (Wildman–Crippen MR) is 62.0 cm³/mol. The first kappa shape index (κ1) is 13.0. The van der Waals surface area contributed by atoms with Gasteiger partial charge in [-0.3, -0.25) is 9.59 Å². The molecule has 0 aliphatic rings. The van der Waals surface area contributed by atoms with Crippen molar-refractivity contribution in [2.45, 2.75) is 13.3 Å². The Kier molecular flexibility index (Phi) is 5.00. The molecule has 0 aliphatic carbocycles. The maximum atomic E-state index is 10.6. The Morgan fingerprint density at radius 2 is 2.06 bits per heavy atom. The normalized spacial score (nSPS) is 9.71. The molecule has 0 heterocycles. The van der Waals surface area contributed by atoms with E-state index < -0.39 is 5.97 Å². The van der Waals surface area contributed by atoms with E-state index in [0.717, 1.165) is 0 Å². The number of hydrogen-bond donors (Lipinski definition) is 2. The molecular weight excluding hydrogens is 222 g/mol. The van der Waals surface area contributed by atoms with E-state index in [1.54, 1.807) is 24.3 Å². The second-order valence-corrected chi connectivity index (χ2v) is 3.51. The molecule has 0 aromatic heterocycles. The number of rotatable bonds is 6. The zero-order valence-corrected chi connectivity index (χ0v) is 9.60. The number of aliphatic carboxylic acids is 1. The molecule has 0 bridgehead atoms. The third-order valence-corrected chi connectivity index (χ3v) is 2.05. The van der Waals surface area contributed by atoms with E-state index in [-0.39, 0.29) is 12.3 Å². The number of amides is 1. The maximum absolute atomic E-state index is 10.6. The smallest absolute Gasteiger partial charge is 0.307 e. The van der Waals surface area contributed by atoms with Gasteiger partial charge in [0, 0.05) is 12.5 Å². The van der Waals surface area contributed by atoms with Gasteiger partial charge in [-0.1, -0.05) is 18.2 Å². The molecular formula is C12H15NO4. The van der Waals surface area contributed by atoms with Gasteiger partial charge in [0.1, 0.15) is 12.4 Å². The first-order valence-corrected chi connectivity index (χ1v) is 5.26. The van der Waals surface area contributed by atoms with Gasteiger partial charge in [0.15, 0.2) is 0 Å². The van der Waals surface area contributed by atoms with Crippen LogP contribution in [0.1, 0.15) is 12.5 Å². The maximum Gasteiger partial charge on any atom is 0.307 e. The zero-order valence-electron chi connectivity index (χ0n) is 9.60. The molecule has 5 heteroatoms. The Hall–Kier alpha value is -2.04. The summed E-state index contributed by atoms with van der Waals surface area (Å²) < 4.78 is 5.41. The molecule has 0 fully saturated rings. The molecule has 0 atom stereocenters. The highest BCUT2D eigenvalue weighted by Crippen LogP contribution is 2.18. The van der Waals surface area contributed by atoms with Crippen LogP contribution in [0.5, 0.6) is 5.75 Å². The summed E-state index contributed by atoms with van der Waals surface area (Å²) in [5.41, 5.74) is 0.628. The SMILES string of the molecule is CC(=O)NCCOc1ccccc1CC(=O)O. The number of carbonyl (C=O) groups is 2. The number of carboxylic acid groups (broad SMARTS) is 1. The van der Waals surface area contributed by atoms with Gasteiger partial charge in [-0.15, -0.1) is 0 Å². The molecule has 1 rings (SSSR count). The van der Waals surface area contributed by atoms with Gasteiger partial charge in [-0.05, 0) is 6.07 Å². The molecule has 0 radical (unpaired) electrons. The van der Waals surface area contributed by atoms with Crippen molar-refractivity contribution in [2.75, 3.05) is 13.2 Å². The van der Waals surface area contributed by atoms with Crippen LogP contribution in [-0.2, 0) is 16.0 Å². The van der Waals surface area contributed by atoms with E-state index in [9.17, 15) is 9.59 Å². The van der Waals surface area contributed by atoms with Crippen LogP contribution in [-0.4, -0.2) is 30.1 Å². The van der Waals surface area contributed by atoms with Gasteiger partial charge >= 0.3 is 5.97 Å². The van der Waals surface area contributed by atoms with E-state index in [1.807, 2.05) is 0 Å². The van der Waals surface area contributed by atoms with E-state index in [1.165, 1.54) is 6.92 Å². The Morgan fingerprint density at radius 1 is 1.35 bits per heavy atom. The Labute approximate surface area is 99.4 Å². The van der Waals surface area contributed by atoms with Crippen LogP contribution in [0.2, 0.25) is 0 Å². The van der Waals surface area contributed by atoms with Crippen molar-refractivity contribution < 1.29 is 19.4 Å². The fourth-order valence-corrected chi connectivity index (χ4v) is 1.34. The van der Waals surface area contributed by atoms with Gasteiger partial charge in [0.25, 0.3) is 0 Å². The van der Waals surface area contributed by atoms with Crippen LogP contribution in [0.25, 0.3) is 0 Å². The zero-order chi connectivity index (χ0) is 12.7. The van der Waals surface area contributed by atoms with Crippen LogP contribution in [0.15, 0.2) is 24.3 Å². The summed E-state index contributed by atoms with van der Waals surface area (Å²) in [5, 5.41) is 11.3. The molecule has 0 spiro atoms. The van der Waals surface area contributed by atoms with Crippen molar-refractivity contribution in [3.05, 3.63) is 29.8 Å². The van der Waals surface area contributed by atoms with Gasteiger partial charge < -0.3 is 15.2 Å². The Morgan fingerprint density at radius 3 is 2.71 bits per heavy atom. The average Bonchev–Trinajstić information content (AvgIpc) is 2.25. The molecule has 1 amide bonds. The molecule has 0 unspecified atom stereocenters. The van der Waals surface area contributed by atoms with E-state index >= 15 is 0 Å². The average molecular weight is 237 g/mol. The first-order chi connectivity index (χ1) is 8.09. The minimum Gasteiger partial charge on any atom is -0.491 e. The first-order valence-electron chi connectivity index (χ1n) is 5.26. The highest BCUT2D eigenvalue weighted by atomic mass is 16.5. The summed E-state index contributed by atoms with van der Waals surface area (Å²) in [6, 6.07) is 6.96. The summed E-state index contributed by atoms with van der Waals surface area (Å²) in [7, 11) is 0. The minimum absolute atomic E-state index is 0.0731. The lowest BCUT2D eigenvalue weighted by atomic mass is 10.1. The van der Waals surface area contributed by atoms with Crippen LogP contribution in [0.4, 0.5) is 0 Å². The van der Waals surface area contributed by atoms with Crippen molar-refractivity contribution in [3.8, 4) is 5.75 Å². The van der Waals surface area contributed by atoms with Crippen LogP contribution < -0.4 is 10.1 Å². The highest BCUT2D eigenvalue weighted by molar-refractivity contribution is 5.72. The lowest BCUT2D eigenvalue weighted by Crippen LogP contribution is -2.25. The molecule has 2 N–H and O–H groups in total. The number of ether oxygens (including phenoxy) is 1. The topological polar surface area (TPSA) is 75.6 Å². The standard InChI is InChI=1S/C12H15NO4/c1-9(14)13-6-7-17-11-5-3-2-4-10(11)8-12(15)16/h2-5H,6-8H2,1H3,(H,13,14)(H,15,16). The molecule has 0 aliphatic heterocycles. The Bertz CT molecular complexity index is 403. The fourth-order valence-electron chi connectivity index (χ4n) is 1.34. The van der Waals surface area contributed by atoms with Gasteiger partial charge in [-0.2, -0.15) is 0 Å². The highest BCUT2D eigenvalue weighted by Gasteiger charge is 2.06. The lowest BCUT2D eigenvalue weighted by Gasteiger charge is -2.10.